The minimum absolute atomic E-state index is 0.0469. The van der Waals surface area contributed by atoms with Crippen molar-refractivity contribution >= 4 is 17.8 Å². The summed E-state index contributed by atoms with van der Waals surface area (Å²) in [4.78, 5) is 25.7. The predicted octanol–water partition coefficient (Wildman–Crippen LogP) is 3.21. The molecule has 1 fully saturated rings. The largest absolute Gasteiger partial charge is 0.444 e. The summed E-state index contributed by atoms with van der Waals surface area (Å²) in [6.07, 6.45) is 1.05. The van der Waals surface area contributed by atoms with Gasteiger partial charge in [-0.1, -0.05) is 18.2 Å². The van der Waals surface area contributed by atoms with Crippen LogP contribution in [0.3, 0.4) is 0 Å². The van der Waals surface area contributed by atoms with Crippen molar-refractivity contribution in [2.45, 2.75) is 45.3 Å². The molecule has 1 aromatic carbocycles. The fraction of sp³-hybridized carbons (Fsp3) is 0.529. The third-order valence-corrected chi connectivity index (χ3v) is 3.53. The number of carbonyl (C=O) groups excluding carboxylic acids is 2. The quantitative estimate of drug-likeness (QED) is 0.879. The van der Waals surface area contributed by atoms with Crippen LogP contribution in [-0.2, 0) is 4.74 Å². The first-order valence-electron chi connectivity index (χ1n) is 7.94. The van der Waals surface area contributed by atoms with Crippen molar-refractivity contribution in [2.24, 2.45) is 0 Å². The number of hydrogen-bond donors (Lipinski definition) is 2. The van der Waals surface area contributed by atoms with E-state index in [1.807, 2.05) is 51.1 Å². The Labute approximate surface area is 137 Å². The highest BCUT2D eigenvalue weighted by molar-refractivity contribution is 5.89. The molecule has 1 aromatic rings. The first-order chi connectivity index (χ1) is 10.8. The minimum Gasteiger partial charge on any atom is -0.444 e. The lowest BCUT2D eigenvalue weighted by Crippen LogP contribution is -2.48. The zero-order chi connectivity index (χ0) is 16.9. The number of para-hydroxylation sites is 1. The fourth-order valence-corrected chi connectivity index (χ4v) is 2.43. The van der Waals surface area contributed by atoms with E-state index in [1.54, 1.807) is 4.90 Å². The van der Waals surface area contributed by atoms with Gasteiger partial charge in [-0.15, -0.1) is 0 Å². The van der Waals surface area contributed by atoms with Crippen molar-refractivity contribution in [3.05, 3.63) is 30.3 Å². The number of piperidine rings is 1. The molecule has 0 atom stereocenters. The number of amides is 3. The second-order valence-corrected chi connectivity index (χ2v) is 6.70. The molecule has 0 bridgehead atoms. The molecule has 0 saturated carbocycles. The summed E-state index contributed by atoms with van der Waals surface area (Å²) in [5.41, 5.74) is 0.284. The summed E-state index contributed by atoms with van der Waals surface area (Å²) in [5.74, 6) is 0. The summed E-state index contributed by atoms with van der Waals surface area (Å²) >= 11 is 0. The van der Waals surface area contributed by atoms with Crippen molar-refractivity contribution in [1.82, 2.24) is 10.2 Å². The maximum Gasteiger partial charge on any atom is 0.407 e. The fourth-order valence-electron chi connectivity index (χ4n) is 2.43. The molecule has 2 N–H and O–H groups in total. The summed E-state index contributed by atoms with van der Waals surface area (Å²) in [5, 5.41) is 5.74. The zero-order valence-corrected chi connectivity index (χ0v) is 14.0. The predicted molar refractivity (Wildman–Crippen MR) is 89.4 cm³/mol. The molecule has 0 aliphatic carbocycles. The number of nitrogens with one attached hydrogen (secondary N) is 2. The van der Waals surface area contributed by atoms with Gasteiger partial charge in [-0.2, -0.15) is 0 Å². The normalized spacial score (nSPS) is 15.9. The molecule has 1 aliphatic heterocycles. The van der Waals surface area contributed by atoms with Gasteiger partial charge in [-0.3, -0.25) is 0 Å². The van der Waals surface area contributed by atoms with E-state index in [2.05, 4.69) is 10.6 Å². The minimum atomic E-state index is -0.500. The van der Waals surface area contributed by atoms with Gasteiger partial charge >= 0.3 is 12.1 Å². The number of rotatable bonds is 2. The van der Waals surface area contributed by atoms with Crippen LogP contribution in [0, 0.1) is 0 Å². The van der Waals surface area contributed by atoms with Crippen LogP contribution in [-0.4, -0.2) is 41.8 Å². The molecule has 3 amide bonds. The van der Waals surface area contributed by atoms with Crippen molar-refractivity contribution in [3.8, 4) is 0 Å². The van der Waals surface area contributed by atoms with E-state index in [9.17, 15) is 9.59 Å². The van der Waals surface area contributed by atoms with Gasteiger partial charge < -0.3 is 20.3 Å². The Morgan fingerprint density at radius 3 is 2.30 bits per heavy atom. The topological polar surface area (TPSA) is 70.7 Å². The van der Waals surface area contributed by atoms with Gasteiger partial charge in [0.15, 0.2) is 0 Å². The number of nitrogens with zero attached hydrogens (tertiary/aromatic N) is 1. The first-order valence-corrected chi connectivity index (χ1v) is 7.94. The van der Waals surface area contributed by atoms with Crippen LogP contribution in [0.25, 0.3) is 0 Å². The molecule has 0 unspecified atom stereocenters. The average molecular weight is 319 g/mol. The van der Waals surface area contributed by atoms with Crippen molar-refractivity contribution in [2.75, 3.05) is 18.4 Å². The van der Waals surface area contributed by atoms with Crippen LogP contribution in [0.5, 0.6) is 0 Å². The van der Waals surface area contributed by atoms with Crippen LogP contribution in [0.15, 0.2) is 30.3 Å². The molecule has 0 spiro atoms. The Balaban J connectivity index is 1.75. The molecule has 0 radical (unpaired) electrons. The summed E-state index contributed by atoms with van der Waals surface area (Å²) < 4.78 is 5.25. The molecule has 6 heteroatoms. The van der Waals surface area contributed by atoms with E-state index in [-0.39, 0.29) is 12.1 Å². The van der Waals surface area contributed by atoms with E-state index in [0.29, 0.717) is 13.1 Å². The molecule has 1 heterocycles. The number of anilines is 1. The monoisotopic (exact) mass is 319 g/mol. The number of ether oxygens (including phenoxy) is 1. The van der Waals surface area contributed by atoms with Crippen LogP contribution < -0.4 is 10.6 Å². The van der Waals surface area contributed by atoms with Gasteiger partial charge in [-0.25, -0.2) is 9.59 Å². The van der Waals surface area contributed by atoms with E-state index < -0.39 is 11.7 Å². The van der Waals surface area contributed by atoms with Crippen LogP contribution in [0.2, 0.25) is 0 Å². The smallest absolute Gasteiger partial charge is 0.407 e. The molecule has 23 heavy (non-hydrogen) atoms. The van der Waals surface area contributed by atoms with Gasteiger partial charge in [0, 0.05) is 24.8 Å². The summed E-state index contributed by atoms with van der Waals surface area (Å²) in [6.45, 7) is 6.73. The second-order valence-electron chi connectivity index (χ2n) is 6.70. The molecule has 0 aromatic heterocycles. The van der Waals surface area contributed by atoms with Gasteiger partial charge in [0.25, 0.3) is 0 Å². The molecule has 2 rings (SSSR count). The van der Waals surface area contributed by atoms with Crippen molar-refractivity contribution < 1.29 is 14.3 Å². The second kappa shape index (κ2) is 7.35. The SMILES string of the molecule is CC(C)(C)OC(=O)NC1CCN(C(=O)Nc2ccccc2)CC1. The van der Waals surface area contributed by atoms with Gasteiger partial charge in [0.05, 0.1) is 0 Å². The van der Waals surface area contributed by atoms with Crippen molar-refractivity contribution in [3.63, 3.8) is 0 Å². The van der Waals surface area contributed by atoms with E-state index in [4.69, 9.17) is 4.74 Å². The molecule has 1 aliphatic rings. The highest BCUT2D eigenvalue weighted by atomic mass is 16.6. The Kier molecular flexibility index (Phi) is 5.47. The number of alkyl carbamates (subject to hydrolysis) is 1. The number of likely N-dealkylation sites (tertiary alicyclic amines) is 1. The molecule has 6 nitrogen and oxygen atoms in total. The van der Waals surface area contributed by atoms with Gasteiger partial charge in [0.2, 0.25) is 0 Å². The summed E-state index contributed by atoms with van der Waals surface area (Å²) in [6, 6.07) is 9.32. The third-order valence-electron chi connectivity index (χ3n) is 3.53. The summed E-state index contributed by atoms with van der Waals surface area (Å²) in [7, 11) is 0. The van der Waals surface area contributed by atoms with Gasteiger partial charge in [-0.05, 0) is 45.7 Å². The van der Waals surface area contributed by atoms with E-state index >= 15 is 0 Å². The first kappa shape index (κ1) is 17.1. The van der Waals surface area contributed by atoms with Gasteiger partial charge in [0.1, 0.15) is 5.60 Å². The average Bonchev–Trinajstić information content (AvgIpc) is 2.47. The van der Waals surface area contributed by atoms with Crippen molar-refractivity contribution in [1.29, 1.82) is 0 Å². The molecule has 126 valence electrons. The van der Waals surface area contributed by atoms with E-state index in [1.165, 1.54) is 0 Å². The van der Waals surface area contributed by atoms with Crippen LogP contribution in [0.4, 0.5) is 15.3 Å². The number of benzene rings is 1. The lowest BCUT2D eigenvalue weighted by molar-refractivity contribution is 0.0486. The highest BCUT2D eigenvalue weighted by Crippen LogP contribution is 2.14. The molecular weight excluding hydrogens is 294 g/mol. The Morgan fingerprint density at radius 2 is 1.74 bits per heavy atom. The standard InChI is InChI=1S/C17H25N3O3/c1-17(2,3)23-16(22)19-14-9-11-20(12-10-14)15(21)18-13-7-5-4-6-8-13/h4-8,14H,9-12H2,1-3H3,(H,18,21)(H,19,22). The molecular formula is C17H25N3O3. The number of carbonyl (C=O) groups is 2. The number of hydrogen-bond acceptors (Lipinski definition) is 3. The van der Waals surface area contributed by atoms with Crippen LogP contribution in [0.1, 0.15) is 33.6 Å². The lowest BCUT2D eigenvalue weighted by atomic mass is 10.1. The Bertz CT molecular complexity index is 532. The van der Waals surface area contributed by atoms with E-state index in [0.717, 1.165) is 18.5 Å². The third kappa shape index (κ3) is 5.81. The maximum atomic E-state index is 12.2. The van der Waals surface area contributed by atoms with Crippen LogP contribution >= 0.6 is 0 Å². The molecule has 1 saturated heterocycles. The lowest BCUT2D eigenvalue weighted by Gasteiger charge is -2.32. The Morgan fingerprint density at radius 1 is 1.13 bits per heavy atom. The highest BCUT2D eigenvalue weighted by Gasteiger charge is 2.25. The maximum absolute atomic E-state index is 12.2. The number of urea groups is 1. The Hall–Kier alpha value is -2.24. The zero-order valence-electron chi connectivity index (χ0n) is 14.0.